The van der Waals surface area contributed by atoms with Crippen LogP contribution in [-0.4, -0.2) is 25.6 Å². The highest BCUT2D eigenvalue weighted by Gasteiger charge is 2.08. The zero-order valence-electron chi connectivity index (χ0n) is 12.4. The van der Waals surface area contributed by atoms with Crippen LogP contribution in [0.2, 0.25) is 0 Å². The first-order chi connectivity index (χ1) is 11.2. The van der Waals surface area contributed by atoms with Crippen molar-refractivity contribution in [3.05, 3.63) is 59.7 Å². The second-order valence-corrected chi connectivity index (χ2v) is 4.61. The van der Waals surface area contributed by atoms with Crippen LogP contribution in [0, 0.1) is 0 Å². The second kappa shape index (κ2) is 8.43. The van der Waals surface area contributed by atoms with Crippen LogP contribution in [0.25, 0.3) is 0 Å². The molecular formula is C17H17NO5. The summed E-state index contributed by atoms with van der Waals surface area (Å²) in [5.41, 5.74) is 6.34. The quantitative estimate of drug-likeness (QED) is 0.597. The zero-order valence-corrected chi connectivity index (χ0v) is 12.4. The Bertz CT molecular complexity index is 657. The fraction of sp³-hybridized carbons (Fsp3) is 0.176. The zero-order chi connectivity index (χ0) is 16.5. The van der Waals surface area contributed by atoms with E-state index < -0.39 is 6.09 Å². The second-order valence-electron chi connectivity index (χ2n) is 4.61. The van der Waals surface area contributed by atoms with Gasteiger partial charge in [0.05, 0.1) is 0 Å². The van der Waals surface area contributed by atoms with Gasteiger partial charge in [0, 0.05) is 5.56 Å². The van der Waals surface area contributed by atoms with Gasteiger partial charge in [0.2, 0.25) is 0 Å². The summed E-state index contributed by atoms with van der Waals surface area (Å²) in [7, 11) is 0. The highest BCUT2D eigenvalue weighted by molar-refractivity contribution is 5.76. The molecule has 0 spiro atoms. The molecule has 2 N–H and O–H groups in total. The highest BCUT2D eigenvalue weighted by Crippen LogP contribution is 2.28. The normalized spacial score (nSPS) is 9.91. The van der Waals surface area contributed by atoms with Crippen LogP contribution in [0.1, 0.15) is 15.9 Å². The van der Waals surface area contributed by atoms with E-state index in [1.165, 1.54) is 0 Å². The molecule has 0 saturated carbocycles. The molecule has 0 bridgehead atoms. The van der Waals surface area contributed by atoms with Crippen molar-refractivity contribution in [2.45, 2.75) is 6.61 Å². The molecule has 0 aliphatic carbocycles. The number of carbonyl (C=O) groups excluding carboxylic acids is 2. The molecule has 0 fully saturated rings. The standard InChI is InChI=1S/C17H17NO5/c18-17(20)22-9-8-21-16-10-14(11-19)6-7-15(16)23-12-13-4-2-1-3-5-13/h1-7,10-11H,8-9,12H2,(H2,18,20). The molecule has 0 unspecified atom stereocenters. The van der Waals surface area contributed by atoms with Gasteiger partial charge in [-0.3, -0.25) is 4.79 Å². The van der Waals surface area contributed by atoms with Crippen LogP contribution >= 0.6 is 0 Å². The first-order valence-corrected chi connectivity index (χ1v) is 7.00. The van der Waals surface area contributed by atoms with E-state index in [0.29, 0.717) is 30.0 Å². The van der Waals surface area contributed by atoms with E-state index in [1.807, 2.05) is 30.3 Å². The van der Waals surface area contributed by atoms with Crippen LogP contribution in [0.5, 0.6) is 11.5 Å². The minimum Gasteiger partial charge on any atom is -0.486 e. The maximum absolute atomic E-state index is 10.9. The molecule has 0 heterocycles. The van der Waals surface area contributed by atoms with E-state index in [9.17, 15) is 9.59 Å². The lowest BCUT2D eigenvalue weighted by Crippen LogP contribution is -2.17. The van der Waals surface area contributed by atoms with E-state index >= 15 is 0 Å². The van der Waals surface area contributed by atoms with Crippen molar-refractivity contribution in [3.8, 4) is 11.5 Å². The monoisotopic (exact) mass is 315 g/mol. The van der Waals surface area contributed by atoms with Gasteiger partial charge in [0.15, 0.2) is 11.5 Å². The summed E-state index contributed by atoms with van der Waals surface area (Å²) in [4.78, 5) is 21.4. The van der Waals surface area contributed by atoms with Gasteiger partial charge in [-0.05, 0) is 23.8 Å². The topological polar surface area (TPSA) is 87.9 Å². The summed E-state index contributed by atoms with van der Waals surface area (Å²) in [5.74, 6) is 0.900. The summed E-state index contributed by atoms with van der Waals surface area (Å²) >= 11 is 0. The SMILES string of the molecule is NC(=O)OCCOc1cc(C=O)ccc1OCc1ccccc1. The van der Waals surface area contributed by atoms with Crippen LogP contribution in [0.15, 0.2) is 48.5 Å². The lowest BCUT2D eigenvalue weighted by molar-refractivity contribution is 0.112. The number of benzene rings is 2. The number of carbonyl (C=O) groups is 2. The molecule has 0 aliphatic rings. The number of nitrogens with two attached hydrogens (primary N) is 1. The molecule has 6 heteroatoms. The summed E-state index contributed by atoms with van der Waals surface area (Å²) in [6.07, 6.45) is -0.149. The van der Waals surface area contributed by atoms with Crippen molar-refractivity contribution in [2.24, 2.45) is 5.73 Å². The molecule has 0 aliphatic heterocycles. The van der Waals surface area contributed by atoms with Crippen molar-refractivity contribution in [1.82, 2.24) is 0 Å². The molecule has 0 atom stereocenters. The van der Waals surface area contributed by atoms with Gasteiger partial charge in [-0.2, -0.15) is 0 Å². The lowest BCUT2D eigenvalue weighted by atomic mass is 10.2. The number of aldehydes is 1. The summed E-state index contributed by atoms with van der Waals surface area (Å²) in [5, 5.41) is 0. The number of hydrogen-bond acceptors (Lipinski definition) is 5. The molecular weight excluding hydrogens is 298 g/mol. The predicted molar refractivity (Wildman–Crippen MR) is 83.6 cm³/mol. The Balaban J connectivity index is 2.01. The predicted octanol–water partition coefficient (Wildman–Crippen LogP) is 2.55. The van der Waals surface area contributed by atoms with Gasteiger partial charge < -0.3 is 19.9 Å². The molecule has 2 aromatic carbocycles. The van der Waals surface area contributed by atoms with Gasteiger partial charge in [0.25, 0.3) is 0 Å². The molecule has 1 amide bonds. The molecule has 0 radical (unpaired) electrons. The van der Waals surface area contributed by atoms with E-state index in [2.05, 4.69) is 4.74 Å². The number of ether oxygens (including phenoxy) is 3. The van der Waals surface area contributed by atoms with Crippen molar-refractivity contribution in [3.63, 3.8) is 0 Å². The largest absolute Gasteiger partial charge is 0.486 e. The first-order valence-electron chi connectivity index (χ1n) is 7.00. The van der Waals surface area contributed by atoms with Gasteiger partial charge >= 0.3 is 6.09 Å². The van der Waals surface area contributed by atoms with E-state index in [-0.39, 0.29) is 13.2 Å². The first kappa shape index (κ1) is 16.4. The third-order valence-corrected chi connectivity index (χ3v) is 2.93. The molecule has 23 heavy (non-hydrogen) atoms. The van der Waals surface area contributed by atoms with Crippen LogP contribution < -0.4 is 15.2 Å². The smallest absolute Gasteiger partial charge is 0.404 e. The Morgan fingerprint density at radius 3 is 2.48 bits per heavy atom. The van der Waals surface area contributed by atoms with Gasteiger partial charge in [0.1, 0.15) is 26.1 Å². The van der Waals surface area contributed by atoms with Crippen molar-refractivity contribution >= 4 is 12.4 Å². The number of primary amides is 1. The molecule has 0 aromatic heterocycles. The molecule has 6 nitrogen and oxygen atoms in total. The van der Waals surface area contributed by atoms with Crippen molar-refractivity contribution in [1.29, 1.82) is 0 Å². The van der Waals surface area contributed by atoms with E-state index in [4.69, 9.17) is 15.2 Å². The summed E-state index contributed by atoms with van der Waals surface area (Å²) in [6.45, 7) is 0.487. The van der Waals surface area contributed by atoms with Crippen LogP contribution in [-0.2, 0) is 11.3 Å². The lowest BCUT2D eigenvalue weighted by Gasteiger charge is -2.13. The Morgan fingerprint density at radius 1 is 1.00 bits per heavy atom. The van der Waals surface area contributed by atoms with Crippen molar-refractivity contribution in [2.75, 3.05) is 13.2 Å². The van der Waals surface area contributed by atoms with Crippen molar-refractivity contribution < 1.29 is 23.8 Å². The minimum atomic E-state index is -0.865. The Morgan fingerprint density at radius 2 is 1.78 bits per heavy atom. The third kappa shape index (κ3) is 5.35. The average molecular weight is 315 g/mol. The molecule has 2 aromatic rings. The molecule has 120 valence electrons. The van der Waals surface area contributed by atoms with E-state index in [1.54, 1.807) is 18.2 Å². The Labute approximate surface area is 133 Å². The fourth-order valence-corrected chi connectivity index (χ4v) is 1.86. The summed E-state index contributed by atoms with van der Waals surface area (Å²) < 4.78 is 15.8. The van der Waals surface area contributed by atoms with Gasteiger partial charge in [-0.15, -0.1) is 0 Å². The third-order valence-electron chi connectivity index (χ3n) is 2.93. The van der Waals surface area contributed by atoms with E-state index in [0.717, 1.165) is 5.56 Å². The Hall–Kier alpha value is -3.02. The maximum atomic E-state index is 10.9. The average Bonchev–Trinajstić information content (AvgIpc) is 2.58. The Kier molecular flexibility index (Phi) is 5.99. The van der Waals surface area contributed by atoms with Gasteiger partial charge in [-0.25, -0.2) is 4.79 Å². The molecule has 2 rings (SSSR count). The minimum absolute atomic E-state index is 0.0127. The maximum Gasteiger partial charge on any atom is 0.404 e. The van der Waals surface area contributed by atoms with Crippen LogP contribution in [0.3, 0.4) is 0 Å². The number of hydrogen-bond donors (Lipinski definition) is 1. The molecule has 0 saturated heterocycles. The van der Waals surface area contributed by atoms with Crippen LogP contribution in [0.4, 0.5) is 4.79 Å². The number of amides is 1. The highest BCUT2D eigenvalue weighted by atomic mass is 16.6. The van der Waals surface area contributed by atoms with Gasteiger partial charge in [-0.1, -0.05) is 30.3 Å². The summed E-state index contributed by atoms with van der Waals surface area (Å²) in [6, 6.07) is 14.5. The number of rotatable bonds is 8. The fourth-order valence-electron chi connectivity index (χ4n) is 1.86.